The largest absolute Gasteiger partial charge is 0.326 e. The normalized spacial score (nSPS) is 10.2. The lowest BCUT2D eigenvalue weighted by Gasteiger charge is -2.02. The minimum atomic E-state index is -0.0909. The number of anilines is 1. The molecule has 5 nitrogen and oxygen atoms in total. The number of carbonyl (C=O) groups is 1. The molecule has 0 aliphatic carbocycles. The Labute approximate surface area is 102 Å². The molecule has 0 spiro atoms. The van der Waals surface area contributed by atoms with Crippen LogP contribution in [0.25, 0.3) is 10.6 Å². The molecule has 6 heteroatoms. The number of hydrogen-bond donors (Lipinski definition) is 2. The van der Waals surface area contributed by atoms with Gasteiger partial charge < -0.3 is 5.32 Å². The van der Waals surface area contributed by atoms with Crippen molar-refractivity contribution in [3.63, 3.8) is 0 Å². The lowest BCUT2D eigenvalue weighted by atomic mass is 10.2. The minimum Gasteiger partial charge on any atom is -0.326 e. The van der Waals surface area contributed by atoms with Crippen molar-refractivity contribution in [3.05, 3.63) is 29.1 Å². The van der Waals surface area contributed by atoms with Crippen LogP contribution in [0.4, 0.5) is 5.69 Å². The Hall–Kier alpha value is -1.95. The van der Waals surface area contributed by atoms with Crippen LogP contribution in [0.3, 0.4) is 0 Å². The summed E-state index contributed by atoms with van der Waals surface area (Å²) in [6.45, 7) is 1.47. The third kappa shape index (κ3) is 2.59. The Bertz CT molecular complexity index is 597. The smallest absolute Gasteiger partial charge is 0.221 e. The second-order valence-electron chi connectivity index (χ2n) is 3.59. The van der Waals surface area contributed by atoms with Crippen LogP contribution in [-0.4, -0.2) is 15.7 Å². The number of nitrogens with one attached hydrogen (secondary N) is 2. The van der Waals surface area contributed by atoms with Crippen LogP contribution in [0.15, 0.2) is 24.3 Å². The molecule has 1 amide bonds. The first-order chi connectivity index (χ1) is 8.06. The van der Waals surface area contributed by atoms with Crippen molar-refractivity contribution < 1.29 is 4.79 Å². The summed E-state index contributed by atoms with van der Waals surface area (Å²) in [4.78, 5) is 11.3. The fourth-order valence-electron chi connectivity index (χ4n) is 1.38. The third-order valence-corrected chi connectivity index (χ3v) is 3.15. The summed E-state index contributed by atoms with van der Waals surface area (Å²) in [5.41, 5.74) is 1.70. The van der Waals surface area contributed by atoms with Crippen LogP contribution in [0.2, 0.25) is 0 Å². The van der Waals surface area contributed by atoms with E-state index < -0.39 is 0 Å². The highest BCUT2D eigenvalue weighted by atomic mass is 32.1. The highest BCUT2D eigenvalue weighted by Gasteiger charge is 2.04. The highest BCUT2D eigenvalue weighted by Crippen LogP contribution is 2.21. The Balaban J connectivity index is 2.29. The summed E-state index contributed by atoms with van der Waals surface area (Å²) in [6, 6.07) is 7.40. The highest BCUT2D eigenvalue weighted by molar-refractivity contribution is 7.12. The molecule has 0 radical (unpaired) electrons. The maximum atomic E-state index is 10.9. The van der Waals surface area contributed by atoms with Gasteiger partial charge in [-0.2, -0.15) is 5.10 Å². The maximum Gasteiger partial charge on any atom is 0.221 e. The third-order valence-electron chi connectivity index (χ3n) is 2.18. The van der Waals surface area contributed by atoms with E-state index in [0.717, 1.165) is 16.3 Å². The Morgan fingerprint density at radius 2 is 2.06 bits per heavy atom. The van der Waals surface area contributed by atoms with Gasteiger partial charge in [-0.15, -0.1) is 0 Å². The van der Waals surface area contributed by atoms with Gasteiger partial charge in [0, 0.05) is 25.2 Å². The van der Waals surface area contributed by atoms with Gasteiger partial charge in [-0.1, -0.05) is 11.3 Å². The number of benzene rings is 1. The standard InChI is InChI=1S/C11H12N4OS/c1-7(16)13-9-5-3-8(4-6-9)10-14-15(2)11(12)17-10/h3-6,12H,1-2H3,(H,13,16). The summed E-state index contributed by atoms with van der Waals surface area (Å²) in [6.07, 6.45) is 0. The molecule has 0 saturated carbocycles. The van der Waals surface area contributed by atoms with Crippen LogP contribution in [-0.2, 0) is 11.8 Å². The average molecular weight is 248 g/mol. The zero-order chi connectivity index (χ0) is 12.4. The molecule has 0 aliphatic heterocycles. The summed E-state index contributed by atoms with van der Waals surface area (Å²) in [5.74, 6) is -0.0909. The van der Waals surface area contributed by atoms with E-state index in [4.69, 9.17) is 5.41 Å². The van der Waals surface area contributed by atoms with Crippen LogP contribution in [0.1, 0.15) is 6.92 Å². The van der Waals surface area contributed by atoms with E-state index in [0.29, 0.717) is 4.80 Å². The quantitative estimate of drug-likeness (QED) is 0.847. The van der Waals surface area contributed by atoms with Gasteiger partial charge in [-0.25, -0.2) is 4.68 Å². The maximum absolute atomic E-state index is 10.9. The number of aromatic nitrogens is 2. The zero-order valence-corrected chi connectivity index (χ0v) is 10.3. The van der Waals surface area contributed by atoms with Gasteiger partial charge in [0.2, 0.25) is 5.91 Å². The van der Waals surface area contributed by atoms with Gasteiger partial charge in [0.15, 0.2) is 4.80 Å². The van der Waals surface area contributed by atoms with E-state index in [1.54, 1.807) is 7.05 Å². The molecular weight excluding hydrogens is 236 g/mol. The van der Waals surface area contributed by atoms with Crippen LogP contribution in [0.5, 0.6) is 0 Å². The Morgan fingerprint density at radius 3 is 2.53 bits per heavy atom. The summed E-state index contributed by atoms with van der Waals surface area (Å²) >= 11 is 1.32. The van der Waals surface area contributed by atoms with Crippen molar-refractivity contribution >= 4 is 22.9 Å². The molecule has 0 bridgehead atoms. The second-order valence-corrected chi connectivity index (χ2v) is 4.57. The van der Waals surface area contributed by atoms with Gasteiger partial charge in [0.05, 0.1) is 0 Å². The van der Waals surface area contributed by atoms with E-state index in [-0.39, 0.29) is 5.91 Å². The summed E-state index contributed by atoms with van der Waals surface area (Å²) in [7, 11) is 1.74. The fourth-order valence-corrected chi connectivity index (χ4v) is 2.15. The van der Waals surface area contributed by atoms with Gasteiger partial charge in [0.25, 0.3) is 0 Å². The Morgan fingerprint density at radius 1 is 1.41 bits per heavy atom. The summed E-state index contributed by atoms with van der Waals surface area (Å²) in [5, 5.41) is 15.3. The molecule has 0 saturated heterocycles. The molecule has 2 aromatic rings. The van der Waals surface area contributed by atoms with Crippen LogP contribution in [0, 0.1) is 5.41 Å². The fraction of sp³-hybridized carbons (Fsp3) is 0.182. The molecular formula is C11H12N4OS. The first kappa shape index (κ1) is 11.5. The lowest BCUT2D eigenvalue weighted by Crippen LogP contribution is -2.08. The number of nitrogens with zero attached hydrogens (tertiary/aromatic N) is 2. The van der Waals surface area contributed by atoms with E-state index in [9.17, 15) is 4.79 Å². The molecule has 0 atom stereocenters. The van der Waals surface area contributed by atoms with Gasteiger partial charge in [0.1, 0.15) is 5.01 Å². The van der Waals surface area contributed by atoms with E-state index in [2.05, 4.69) is 10.4 Å². The monoisotopic (exact) mass is 248 g/mol. The predicted octanol–water partition coefficient (Wildman–Crippen LogP) is 1.59. The van der Waals surface area contributed by atoms with Crippen molar-refractivity contribution in [1.82, 2.24) is 9.78 Å². The average Bonchev–Trinajstić information content (AvgIpc) is 2.59. The second kappa shape index (κ2) is 4.50. The minimum absolute atomic E-state index is 0.0909. The number of rotatable bonds is 2. The predicted molar refractivity (Wildman–Crippen MR) is 66.7 cm³/mol. The molecule has 2 N–H and O–H groups in total. The molecule has 0 aliphatic rings. The number of amides is 1. The van der Waals surface area contributed by atoms with Crippen molar-refractivity contribution in [2.24, 2.45) is 7.05 Å². The molecule has 2 rings (SSSR count). The molecule has 88 valence electrons. The van der Waals surface area contributed by atoms with E-state index in [1.165, 1.54) is 22.9 Å². The lowest BCUT2D eigenvalue weighted by molar-refractivity contribution is -0.114. The molecule has 1 heterocycles. The molecule has 1 aromatic heterocycles. The van der Waals surface area contributed by atoms with Crippen LogP contribution < -0.4 is 10.1 Å². The molecule has 17 heavy (non-hydrogen) atoms. The van der Waals surface area contributed by atoms with Crippen molar-refractivity contribution in [2.45, 2.75) is 6.92 Å². The van der Waals surface area contributed by atoms with E-state index in [1.807, 2.05) is 24.3 Å². The van der Waals surface area contributed by atoms with Crippen molar-refractivity contribution in [1.29, 1.82) is 5.41 Å². The molecule has 1 aromatic carbocycles. The van der Waals surface area contributed by atoms with Crippen LogP contribution >= 0.6 is 11.3 Å². The van der Waals surface area contributed by atoms with Crippen molar-refractivity contribution in [2.75, 3.05) is 5.32 Å². The zero-order valence-electron chi connectivity index (χ0n) is 9.52. The molecule has 0 fully saturated rings. The Kier molecular flexibility index (Phi) is 3.06. The topological polar surface area (TPSA) is 70.8 Å². The van der Waals surface area contributed by atoms with Gasteiger partial charge in [-0.3, -0.25) is 10.2 Å². The first-order valence-corrected chi connectivity index (χ1v) is 5.84. The number of aryl methyl sites for hydroxylation is 1. The van der Waals surface area contributed by atoms with Gasteiger partial charge in [-0.05, 0) is 24.3 Å². The van der Waals surface area contributed by atoms with Gasteiger partial charge >= 0.3 is 0 Å². The SMILES string of the molecule is CC(=O)Nc1ccc(-c2nn(C)c(=N)s2)cc1. The van der Waals surface area contributed by atoms with Crippen molar-refractivity contribution in [3.8, 4) is 10.6 Å². The number of carbonyl (C=O) groups excluding carboxylic acids is 1. The number of hydrogen-bond acceptors (Lipinski definition) is 4. The molecule has 0 unspecified atom stereocenters. The summed E-state index contributed by atoms with van der Waals surface area (Å²) < 4.78 is 1.53. The first-order valence-electron chi connectivity index (χ1n) is 5.03. The van der Waals surface area contributed by atoms with E-state index >= 15 is 0 Å².